The minimum absolute atomic E-state index is 0.0960. The predicted octanol–water partition coefficient (Wildman–Crippen LogP) is 2.53. The highest BCUT2D eigenvalue weighted by Gasteiger charge is 2.12. The molecule has 6 heteroatoms. The first-order chi connectivity index (χ1) is 7.58. The topological polar surface area (TPSA) is 70.6 Å². The Labute approximate surface area is 101 Å². The molecule has 88 valence electrons. The summed E-state index contributed by atoms with van der Waals surface area (Å²) in [6.45, 7) is 1.90. The highest BCUT2D eigenvalue weighted by molar-refractivity contribution is 9.10. The second kappa shape index (κ2) is 5.69. The lowest BCUT2D eigenvalue weighted by atomic mass is 10.2. The summed E-state index contributed by atoms with van der Waals surface area (Å²) in [5, 5.41) is 14.6. The van der Waals surface area contributed by atoms with E-state index in [2.05, 4.69) is 26.4 Å². The number of hydrogen-bond acceptors (Lipinski definition) is 3. The van der Waals surface area contributed by atoms with Crippen LogP contribution in [0.5, 0.6) is 0 Å². The van der Waals surface area contributed by atoms with Crippen molar-refractivity contribution in [1.29, 1.82) is 0 Å². The van der Waals surface area contributed by atoms with Crippen molar-refractivity contribution in [3.8, 4) is 0 Å². The van der Waals surface area contributed by atoms with E-state index in [1.165, 1.54) is 12.1 Å². The van der Waals surface area contributed by atoms with Crippen molar-refractivity contribution < 1.29 is 9.60 Å². The average Bonchev–Trinajstić information content (AvgIpc) is 2.27. The third-order valence-corrected chi connectivity index (χ3v) is 2.80. The van der Waals surface area contributed by atoms with Gasteiger partial charge in [-0.3, -0.25) is 0 Å². The van der Waals surface area contributed by atoms with Crippen molar-refractivity contribution in [2.45, 2.75) is 19.4 Å². The molecule has 1 aromatic carbocycles. The zero-order valence-corrected chi connectivity index (χ0v) is 10.3. The van der Waals surface area contributed by atoms with E-state index < -0.39 is 0 Å². The molecule has 0 heterocycles. The molecule has 0 saturated carbocycles. The Balaban J connectivity index is 2.86. The van der Waals surface area contributed by atoms with Crippen LogP contribution < -0.4 is 11.1 Å². The van der Waals surface area contributed by atoms with Crippen LogP contribution in [0.2, 0.25) is 0 Å². The molecule has 0 aromatic heterocycles. The molecule has 0 saturated heterocycles. The molecule has 0 spiro atoms. The van der Waals surface area contributed by atoms with Gasteiger partial charge in [0.25, 0.3) is 0 Å². The molecule has 0 aliphatic heterocycles. The first-order valence-corrected chi connectivity index (χ1v) is 5.56. The van der Waals surface area contributed by atoms with E-state index in [9.17, 15) is 4.39 Å². The van der Waals surface area contributed by atoms with Gasteiger partial charge in [-0.25, -0.2) is 4.39 Å². The summed E-state index contributed by atoms with van der Waals surface area (Å²) in [7, 11) is 0. The van der Waals surface area contributed by atoms with Crippen LogP contribution in [0.4, 0.5) is 10.1 Å². The molecule has 0 amide bonds. The maximum atomic E-state index is 12.8. The van der Waals surface area contributed by atoms with Crippen LogP contribution in [0, 0.1) is 5.82 Å². The molecule has 4 N–H and O–H groups in total. The second-order valence-electron chi connectivity index (χ2n) is 3.25. The molecule has 0 aliphatic rings. The highest BCUT2D eigenvalue weighted by atomic mass is 79.9. The van der Waals surface area contributed by atoms with Gasteiger partial charge in [0.05, 0.1) is 6.04 Å². The highest BCUT2D eigenvalue weighted by Crippen LogP contribution is 2.24. The third kappa shape index (κ3) is 3.10. The van der Waals surface area contributed by atoms with Crippen LogP contribution in [0.25, 0.3) is 0 Å². The minimum Gasteiger partial charge on any atom is -0.409 e. The van der Waals surface area contributed by atoms with Crippen LogP contribution in [0.15, 0.2) is 27.8 Å². The number of anilines is 1. The third-order valence-electron chi connectivity index (χ3n) is 2.14. The number of oxime groups is 1. The van der Waals surface area contributed by atoms with Gasteiger partial charge in [0.2, 0.25) is 0 Å². The molecule has 16 heavy (non-hydrogen) atoms. The summed E-state index contributed by atoms with van der Waals surface area (Å²) in [5.41, 5.74) is 6.20. The second-order valence-corrected chi connectivity index (χ2v) is 4.11. The number of rotatable bonds is 4. The van der Waals surface area contributed by atoms with Crippen molar-refractivity contribution in [1.82, 2.24) is 0 Å². The van der Waals surface area contributed by atoms with E-state index in [1.807, 2.05) is 6.92 Å². The zero-order valence-electron chi connectivity index (χ0n) is 8.74. The van der Waals surface area contributed by atoms with Crippen LogP contribution in [-0.2, 0) is 0 Å². The summed E-state index contributed by atoms with van der Waals surface area (Å²) in [4.78, 5) is 0. The molecule has 0 aliphatic carbocycles. The van der Waals surface area contributed by atoms with Gasteiger partial charge in [-0.15, -0.1) is 0 Å². The smallest absolute Gasteiger partial charge is 0.161 e. The van der Waals surface area contributed by atoms with Gasteiger partial charge in [-0.1, -0.05) is 12.1 Å². The maximum Gasteiger partial charge on any atom is 0.161 e. The molecule has 4 nitrogen and oxygen atoms in total. The minimum atomic E-state index is -0.325. The molecule has 1 rings (SSSR count). The van der Waals surface area contributed by atoms with Crippen LogP contribution >= 0.6 is 15.9 Å². The van der Waals surface area contributed by atoms with E-state index in [-0.39, 0.29) is 17.7 Å². The molecule has 0 bridgehead atoms. The predicted molar refractivity (Wildman–Crippen MR) is 65.2 cm³/mol. The van der Waals surface area contributed by atoms with Crippen molar-refractivity contribution in [2.75, 3.05) is 5.32 Å². The van der Waals surface area contributed by atoms with E-state index in [4.69, 9.17) is 10.9 Å². The van der Waals surface area contributed by atoms with Gasteiger partial charge in [0.15, 0.2) is 5.84 Å². The Morgan fingerprint density at radius 3 is 2.88 bits per heavy atom. The molecule has 1 aromatic rings. The molecule has 1 unspecified atom stereocenters. The van der Waals surface area contributed by atoms with Gasteiger partial charge < -0.3 is 16.3 Å². The first kappa shape index (κ1) is 12.8. The lowest BCUT2D eigenvalue weighted by Gasteiger charge is -2.17. The Bertz CT molecular complexity index is 398. The van der Waals surface area contributed by atoms with E-state index in [1.54, 1.807) is 6.07 Å². The standard InChI is InChI=1S/C10H13BrFN3O/c1-2-8(10(13)15-16)14-9-4-3-6(12)5-7(9)11/h3-5,8,14,16H,2H2,1H3,(H2,13,15). The lowest BCUT2D eigenvalue weighted by molar-refractivity contribution is 0.316. The number of nitrogens with two attached hydrogens (primary N) is 1. The number of nitrogens with zero attached hydrogens (tertiary/aromatic N) is 1. The fourth-order valence-corrected chi connectivity index (χ4v) is 1.71. The lowest BCUT2D eigenvalue weighted by Crippen LogP contribution is -2.35. The van der Waals surface area contributed by atoms with Crippen molar-refractivity contribution in [3.05, 3.63) is 28.5 Å². The zero-order chi connectivity index (χ0) is 12.1. The molecule has 0 fully saturated rings. The van der Waals surface area contributed by atoms with Gasteiger partial charge in [0.1, 0.15) is 5.82 Å². The fourth-order valence-electron chi connectivity index (χ4n) is 1.25. The summed E-state index contributed by atoms with van der Waals surface area (Å²) in [6, 6.07) is 3.99. The monoisotopic (exact) mass is 289 g/mol. The van der Waals surface area contributed by atoms with Gasteiger partial charge in [0, 0.05) is 10.2 Å². The number of halogens is 2. The van der Waals surface area contributed by atoms with Crippen molar-refractivity contribution in [3.63, 3.8) is 0 Å². The Kier molecular flexibility index (Phi) is 4.54. The van der Waals surface area contributed by atoms with E-state index >= 15 is 0 Å². The molecular weight excluding hydrogens is 277 g/mol. The summed E-state index contributed by atoms with van der Waals surface area (Å²) in [6.07, 6.45) is 0.652. The number of benzene rings is 1. The van der Waals surface area contributed by atoms with E-state index in [0.29, 0.717) is 16.6 Å². The molecule has 0 radical (unpaired) electrons. The Hall–Kier alpha value is -1.30. The number of amidine groups is 1. The maximum absolute atomic E-state index is 12.8. The van der Waals surface area contributed by atoms with Gasteiger partial charge >= 0.3 is 0 Å². The van der Waals surface area contributed by atoms with Crippen molar-refractivity contribution >= 4 is 27.5 Å². The SMILES string of the molecule is CCC(Nc1ccc(F)cc1Br)C(N)=NO. The van der Waals surface area contributed by atoms with E-state index in [0.717, 1.165) is 0 Å². The fraction of sp³-hybridized carbons (Fsp3) is 0.300. The number of hydrogen-bond donors (Lipinski definition) is 3. The van der Waals surface area contributed by atoms with Crippen LogP contribution in [0.1, 0.15) is 13.3 Å². The normalized spacial score (nSPS) is 13.6. The molecule has 1 atom stereocenters. The number of nitrogens with one attached hydrogen (secondary N) is 1. The Morgan fingerprint density at radius 1 is 1.69 bits per heavy atom. The molecular formula is C10H13BrFN3O. The average molecular weight is 290 g/mol. The van der Waals surface area contributed by atoms with Crippen LogP contribution in [-0.4, -0.2) is 17.1 Å². The summed E-state index contributed by atoms with van der Waals surface area (Å²) in [5.74, 6) is -0.229. The first-order valence-electron chi connectivity index (χ1n) is 4.77. The quantitative estimate of drug-likeness (QED) is 0.345. The largest absolute Gasteiger partial charge is 0.409 e. The van der Waals surface area contributed by atoms with Crippen LogP contribution in [0.3, 0.4) is 0 Å². The summed E-state index contributed by atoms with van der Waals surface area (Å²) >= 11 is 3.23. The summed E-state index contributed by atoms with van der Waals surface area (Å²) < 4.78 is 13.4. The van der Waals surface area contributed by atoms with Gasteiger partial charge in [-0.2, -0.15) is 0 Å². The van der Waals surface area contributed by atoms with Gasteiger partial charge in [-0.05, 0) is 40.5 Å². The Morgan fingerprint density at radius 2 is 2.38 bits per heavy atom. The van der Waals surface area contributed by atoms with Crippen molar-refractivity contribution in [2.24, 2.45) is 10.9 Å².